The largest absolute Gasteiger partial charge is 0.344 e. The summed E-state index contributed by atoms with van der Waals surface area (Å²) in [5.74, 6) is 0.907. The number of para-hydroxylation sites is 1. The summed E-state index contributed by atoms with van der Waals surface area (Å²) in [6.07, 6.45) is 2.08. The second-order valence-corrected chi connectivity index (χ2v) is 7.29. The lowest BCUT2D eigenvalue weighted by atomic mass is 10.2. The minimum atomic E-state index is -0.492. The molecule has 5 rings (SSSR count). The van der Waals surface area contributed by atoms with Gasteiger partial charge in [-0.1, -0.05) is 18.2 Å². The van der Waals surface area contributed by atoms with Crippen molar-refractivity contribution in [2.75, 3.05) is 16.8 Å². The topological polar surface area (TPSA) is 114 Å². The van der Waals surface area contributed by atoms with Crippen molar-refractivity contribution in [3.8, 4) is 5.69 Å². The number of hydrogen-bond donors (Lipinski definition) is 2. The molecule has 1 amide bonds. The molecule has 1 unspecified atom stereocenters. The Morgan fingerprint density at radius 2 is 2.00 bits per heavy atom. The van der Waals surface area contributed by atoms with Crippen LogP contribution >= 0.6 is 0 Å². The maximum atomic E-state index is 12.9. The van der Waals surface area contributed by atoms with Gasteiger partial charge in [0.1, 0.15) is 17.2 Å². The molecule has 1 fully saturated rings. The molecule has 152 valence electrons. The molecular formula is C20H20N8O2. The molecule has 0 radical (unpaired) electrons. The summed E-state index contributed by atoms with van der Waals surface area (Å²) in [5.41, 5.74) is 1.76. The standard InChI is InChI=1S/C20H20N8O2/c1-12-10-16(26(2)25-12)27-9-8-15(19(27)30)22-20-23-17-14(18(29)24-20)11-21-28(17)13-6-4-3-5-7-13/h3-7,10-11,15H,8-9H2,1-2H3,(H2,22,23,24,29). The predicted octanol–water partition coefficient (Wildman–Crippen LogP) is 1.37. The second-order valence-electron chi connectivity index (χ2n) is 7.29. The van der Waals surface area contributed by atoms with E-state index in [9.17, 15) is 9.59 Å². The van der Waals surface area contributed by atoms with Crippen LogP contribution in [0.4, 0.5) is 11.8 Å². The smallest absolute Gasteiger partial charge is 0.263 e. The van der Waals surface area contributed by atoms with Crippen LogP contribution in [0.25, 0.3) is 16.7 Å². The lowest BCUT2D eigenvalue weighted by molar-refractivity contribution is -0.117. The average molecular weight is 404 g/mol. The zero-order chi connectivity index (χ0) is 20.8. The van der Waals surface area contributed by atoms with Crippen molar-refractivity contribution in [1.82, 2.24) is 29.5 Å². The fourth-order valence-electron chi connectivity index (χ4n) is 3.80. The molecule has 1 aliphatic rings. The van der Waals surface area contributed by atoms with E-state index in [4.69, 9.17) is 0 Å². The zero-order valence-corrected chi connectivity index (χ0v) is 16.5. The Balaban J connectivity index is 1.45. The minimum absolute atomic E-state index is 0.0858. The number of fused-ring (bicyclic) bond motifs is 1. The normalized spacial score (nSPS) is 16.5. The SMILES string of the molecule is Cc1cc(N2CCC(Nc3nc4c(cnn4-c4ccccc4)c(=O)[nH]3)C2=O)n(C)n1. The highest BCUT2D eigenvalue weighted by Crippen LogP contribution is 2.23. The Bertz CT molecular complexity index is 1300. The molecule has 1 saturated heterocycles. The zero-order valence-electron chi connectivity index (χ0n) is 16.5. The van der Waals surface area contributed by atoms with E-state index in [-0.39, 0.29) is 17.4 Å². The van der Waals surface area contributed by atoms with Crippen LogP contribution < -0.4 is 15.8 Å². The number of aromatic amines is 1. The third kappa shape index (κ3) is 2.93. The molecule has 4 aromatic rings. The highest BCUT2D eigenvalue weighted by Gasteiger charge is 2.34. The van der Waals surface area contributed by atoms with Gasteiger partial charge >= 0.3 is 0 Å². The lowest BCUT2D eigenvalue weighted by Gasteiger charge is -2.17. The maximum Gasteiger partial charge on any atom is 0.263 e. The molecule has 4 heterocycles. The number of carbonyl (C=O) groups is 1. The summed E-state index contributed by atoms with van der Waals surface area (Å²) in [6.45, 7) is 2.45. The van der Waals surface area contributed by atoms with Crippen LogP contribution in [-0.2, 0) is 11.8 Å². The van der Waals surface area contributed by atoms with E-state index in [0.717, 1.165) is 17.2 Å². The van der Waals surface area contributed by atoms with Gasteiger partial charge in [-0.05, 0) is 25.5 Å². The van der Waals surface area contributed by atoms with Crippen LogP contribution in [0.3, 0.4) is 0 Å². The van der Waals surface area contributed by atoms with Gasteiger partial charge < -0.3 is 5.32 Å². The molecule has 3 aromatic heterocycles. The fourth-order valence-corrected chi connectivity index (χ4v) is 3.80. The minimum Gasteiger partial charge on any atom is -0.344 e. The molecule has 1 aromatic carbocycles. The van der Waals surface area contributed by atoms with Gasteiger partial charge in [-0.3, -0.25) is 24.2 Å². The summed E-state index contributed by atoms with van der Waals surface area (Å²) in [4.78, 5) is 34.4. The van der Waals surface area contributed by atoms with E-state index in [1.807, 2.05) is 50.4 Å². The number of benzene rings is 1. The predicted molar refractivity (Wildman–Crippen MR) is 112 cm³/mol. The number of aryl methyl sites for hydroxylation is 2. The number of amides is 1. The van der Waals surface area contributed by atoms with E-state index >= 15 is 0 Å². The first-order chi connectivity index (χ1) is 14.5. The van der Waals surface area contributed by atoms with Gasteiger partial charge in [-0.25, -0.2) is 4.68 Å². The van der Waals surface area contributed by atoms with Gasteiger partial charge in [0.25, 0.3) is 11.5 Å². The molecule has 1 aliphatic heterocycles. The molecule has 30 heavy (non-hydrogen) atoms. The van der Waals surface area contributed by atoms with Crippen molar-refractivity contribution in [2.45, 2.75) is 19.4 Å². The Labute approximate surface area is 171 Å². The van der Waals surface area contributed by atoms with Crippen LogP contribution in [-0.4, -0.2) is 48.0 Å². The Morgan fingerprint density at radius 3 is 2.73 bits per heavy atom. The van der Waals surface area contributed by atoms with Crippen molar-refractivity contribution < 1.29 is 4.79 Å². The Kier molecular flexibility index (Phi) is 4.12. The molecular weight excluding hydrogens is 384 g/mol. The number of anilines is 2. The summed E-state index contributed by atoms with van der Waals surface area (Å²) >= 11 is 0. The summed E-state index contributed by atoms with van der Waals surface area (Å²) in [7, 11) is 1.81. The van der Waals surface area contributed by atoms with Crippen molar-refractivity contribution in [3.05, 3.63) is 58.6 Å². The van der Waals surface area contributed by atoms with E-state index < -0.39 is 6.04 Å². The van der Waals surface area contributed by atoms with Crippen molar-refractivity contribution in [2.24, 2.45) is 7.05 Å². The van der Waals surface area contributed by atoms with Gasteiger partial charge in [0.2, 0.25) is 5.95 Å². The van der Waals surface area contributed by atoms with Gasteiger partial charge in [-0.15, -0.1) is 0 Å². The molecule has 2 N–H and O–H groups in total. The molecule has 10 heteroatoms. The Morgan fingerprint density at radius 1 is 1.20 bits per heavy atom. The van der Waals surface area contributed by atoms with E-state index in [1.54, 1.807) is 14.3 Å². The van der Waals surface area contributed by atoms with Crippen LogP contribution in [0.15, 0.2) is 47.4 Å². The highest BCUT2D eigenvalue weighted by atomic mass is 16.2. The summed E-state index contributed by atoms with van der Waals surface area (Å²) in [5, 5.41) is 12.1. The third-order valence-corrected chi connectivity index (χ3v) is 5.21. The van der Waals surface area contributed by atoms with Crippen molar-refractivity contribution >= 4 is 28.7 Å². The number of hydrogen-bond acceptors (Lipinski definition) is 6. The first-order valence-electron chi connectivity index (χ1n) is 9.63. The number of rotatable bonds is 4. The lowest BCUT2D eigenvalue weighted by Crippen LogP contribution is -2.35. The molecule has 10 nitrogen and oxygen atoms in total. The van der Waals surface area contributed by atoms with Crippen LogP contribution in [0.2, 0.25) is 0 Å². The van der Waals surface area contributed by atoms with Gasteiger partial charge in [0.05, 0.1) is 17.6 Å². The quantitative estimate of drug-likeness (QED) is 0.531. The van der Waals surface area contributed by atoms with Crippen LogP contribution in [0.5, 0.6) is 0 Å². The fraction of sp³-hybridized carbons (Fsp3) is 0.250. The van der Waals surface area contributed by atoms with E-state index in [2.05, 4.69) is 25.5 Å². The number of aromatic nitrogens is 6. The van der Waals surface area contributed by atoms with Crippen molar-refractivity contribution in [1.29, 1.82) is 0 Å². The number of H-pyrrole nitrogens is 1. The van der Waals surface area contributed by atoms with E-state index in [0.29, 0.717) is 24.0 Å². The Hall–Kier alpha value is -3.95. The summed E-state index contributed by atoms with van der Waals surface area (Å²) in [6, 6.07) is 10.8. The molecule has 0 spiro atoms. The monoisotopic (exact) mass is 404 g/mol. The first-order valence-corrected chi connectivity index (χ1v) is 9.63. The van der Waals surface area contributed by atoms with Crippen LogP contribution in [0, 0.1) is 6.92 Å². The number of carbonyl (C=O) groups excluding carboxylic acids is 1. The molecule has 0 bridgehead atoms. The number of nitrogens with one attached hydrogen (secondary N) is 2. The number of nitrogens with zero attached hydrogens (tertiary/aromatic N) is 6. The molecule has 0 saturated carbocycles. The molecule has 1 atom stereocenters. The summed E-state index contributed by atoms with van der Waals surface area (Å²) < 4.78 is 3.30. The van der Waals surface area contributed by atoms with Gasteiger partial charge in [0.15, 0.2) is 5.65 Å². The first kappa shape index (κ1) is 18.1. The molecule has 0 aliphatic carbocycles. The van der Waals surface area contributed by atoms with Crippen LogP contribution in [0.1, 0.15) is 12.1 Å². The van der Waals surface area contributed by atoms with Gasteiger partial charge in [-0.2, -0.15) is 15.2 Å². The van der Waals surface area contributed by atoms with E-state index in [1.165, 1.54) is 6.20 Å². The average Bonchev–Trinajstić information content (AvgIpc) is 3.40. The second kappa shape index (κ2) is 6.83. The maximum absolute atomic E-state index is 12.9. The third-order valence-electron chi connectivity index (χ3n) is 5.21. The highest BCUT2D eigenvalue weighted by molar-refractivity contribution is 6.00. The van der Waals surface area contributed by atoms with Gasteiger partial charge in [0, 0.05) is 19.7 Å². The van der Waals surface area contributed by atoms with Crippen molar-refractivity contribution in [3.63, 3.8) is 0 Å².